The fourth-order valence-corrected chi connectivity index (χ4v) is 7.07. The van der Waals surface area contributed by atoms with E-state index >= 15 is 0 Å². The number of ether oxygens (including phenoxy) is 1. The monoisotopic (exact) mass is 512 g/mol. The molecule has 3 heterocycles. The SMILES string of the molecule is C[C@H](Nc1cc(S(=O)(=O)N2CCCCC2)ccc1N1CCOCC1)C(=O)N1c2ccccc2C[C@H]1C. The first-order valence-corrected chi connectivity index (χ1v) is 14.4. The molecule has 194 valence electrons. The first-order chi connectivity index (χ1) is 17.4. The molecule has 5 rings (SSSR count). The smallest absolute Gasteiger partial charge is 0.249 e. The number of piperidine rings is 1. The molecule has 2 saturated heterocycles. The largest absolute Gasteiger partial charge is 0.378 e. The molecule has 8 nitrogen and oxygen atoms in total. The van der Waals surface area contributed by atoms with Gasteiger partial charge in [0.25, 0.3) is 0 Å². The lowest BCUT2D eigenvalue weighted by molar-refractivity contribution is -0.119. The number of rotatable bonds is 6. The molecule has 36 heavy (non-hydrogen) atoms. The number of hydrogen-bond acceptors (Lipinski definition) is 6. The fourth-order valence-electron chi connectivity index (χ4n) is 5.53. The first kappa shape index (κ1) is 25.0. The number of benzene rings is 2. The Labute approximate surface area is 214 Å². The third kappa shape index (κ3) is 4.84. The van der Waals surface area contributed by atoms with Gasteiger partial charge in [-0.15, -0.1) is 0 Å². The number of fused-ring (bicyclic) bond motifs is 1. The van der Waals surface area contributed by atoms with Gasteiger partial charge in [0.15, 0.2) is 0 Å². The topological polar surface area (TPSA) is 82.2 Å². The van der Waals surface area contributed by atoms with Crippen molar-refractivity contribution < 1.29 is 17.9 Å². The van der Waals surface area contributed by atoms with Gasteiger partial charge in [0.2, 0.25) is 15.9 Å². The summed E-state index contributed by atoms with van der Waals surface area (Å²) in [6.45, 7) is 7.68. The van der Waals surface area contributed by atoms with Crippen molar-refractivity contribution in [3.63, 3.8) is 0 Å². The molecule has 9 heteroatoms. The molecule has 0 aliphatic carbocycles. The van der Waals surface area contributed by atoms with Gasteiger partial charge in [-0.25, -0.2) is 8.42 Å². The molecule has 3 aliphatic rings. The second kappa shape index (κ2) is 10.4. The molecule has 3 aliphatic heterocycles. The van der Waals surface area contributed by atoms with Crippen LogP contribution >= 0.6 is 0 Å². The lowest BCUT2D eigenvalue weighted by Gasteiger charge is -2.33. The van der Waals surface area contributed by atoms with E-state index in [-0.39, 0.29) is 16.8 Å². The van der Waals surface area contributed by atoms with E-state index < -0.39 is 16.1 Å². The number of nitrogens with one attached hydrogen (secondary N) is 1. The van der Waals surface area contributed by atoms with Crippen LogP contribution in [0.25, 0.3) is 0 Å². The van der Waals surface area contributed by atoms with Crippen LogP contribution in [0.1, 0.15) is 38.7 Å². The minimum atomic E-state index is -3.60. The third-order valence-electron chi connectivity index (χ3n) is 7.46. The van der Waals surface area contributed by atoms with Crippen molar-refractivity contribution in [3.05, 3.63) is 48.0 Å². The zero-order valence-corrected chi connectivity index (χ0v) is 22.0. The van der Waals surface area contributed by atoms with E-state index in [0.717, 1.165) is 37.1 Å². The average Bonchev–Trinajstić information content (AvgIpc) is 3.24. The molecule has 1 amide bonds. The number of carbonyl (C=O) groups is 1. The predicted molar refractivity (Wildman–Crippen MR) is 142 cm³/mol. The summed E-state index contributed by atoms with van der Waals surface area (Å²) in [6.07, 6.45) is 3.66. The van der Waals surface area contributed by atoms with Gasteiger partial charge in [-0.2, -0.15) is 4.31 Å². The maximum Gasteiger partial charge on any atom is 0.249 e. The van der Waals surface area contributed by atoms with Crippen LogP contribution in [0.2, 0.25) is 0 Å². The first-order valence-electron chi connectivity index (χ1n) is 13.0. The molecule has 1 N–H and O–H groups in total. The van der Waals surface area contributed by atoms with Crippen molar-refractivity contribution >= 4 is 33.0 Å². The summed E-state index contributed by atoms with van der Waals surface area (Å²) in [4.78, 5) is 18.0. The van der Waals surface area contributed by atoms with Crippen molar-refractivity contribution in [2.24, 2.45) is 0 Å². The summed E-state index contributed by atoms with van der Waals surface area (Å²) in [7, 11) is -3.60. The lowest BCUT2D eigenvalue weighted by Crippen LogP contribution is -2.45. The van der Waals surface area contributed by atoms with Gasteiger partial charge >= 0.3 is 0 Å². The Hall–Kier alpha value is -2.62. The van der Waals surface area contributed by atoms with E-state index in [1.54, 1.807) is 16.4 Å². The molecule has 2 fully saturated rings. The highest BCUT2D eigenvalue weighted by Gasteiger charge is 2.34. The average molecular weight is 513 g/mol. The van der Waals surface area contributed by atoms with E-state index in [0.29, 0.717) is 45.1 Å². The summed E-state index contributed by atoms with van der Waals surface area (Å²) in [5.41, 5.74) is 3.69. The molecule has 0 saturated carbocycles. The van der Waals surface area contributed by atoms with E-state index in [4.69, 9.17) is 4.74 Å². The van der Waals surface area contributed by atoms with E-state index in [2.05, 4.69) is 23.2 Å². The highest BCUT2D eigenvalue weighted by molar-refractivity contribution is 7.89. The minimum absolute atomic E-state index is 0.0235. The Morgan fingerprint density at radius 3 is 2.47 bits per heavy atom. The van der Waals surface area contributed by atoms with Crippen LogP contribution in [0.3, 0.4) is 0 Å². The van der Waals surface area contributed by atoms with Crippen molar-refractivity contribution in [1.82, 2.24) is 4.31 Å². The summed E-state index contributed by atoms with van der Waals surface area (Å²) >= 11 is 0. The number of hydrogen-bond donors (Lipinski definition) is 1. The number of morpholine rings is 1. The molecule has 0 radical (unpaired) electrons. The van der Waals surface area contributed by atoms with Gasteiger partial charge < -0.3 is 19.9 Å². The third-order valence-corrected chi connectivity index (χ3v) is 9.35. The molecule has 2 aromatic carbocycles. The fraction of sp³-hybridized carbons (Fsp3) is 0.519. The van der Waals surface area contributed by atoms with Crippen LogP contribution in [0.15, 0.2) is 47.4 Å². The summed E-state index contributed by atoms with van der Waals surface area (Å²) in [5, 5.41) is 3.39. The van der Waals surface area contributed by atoms with Crippen LogP contribution in [-0.2, 0) is 26.0 Å². The predicted octanol–water partition coefficient (Wildman–Crippen LogP) is 3.48. The standard InChI is InChI=1S/C27H36N4O4S/c1-20-18-22-8-4-5-9-25(22)31(20)27(32)21(2)28-24-19-23(36(33,34)30-12-6-3-7-13-30)10-11-26(24)29-14-16-35-17-15-29/h4-5,8-11,19-21,28H,3,6-7,12-18H2,1-2H3/t20-,21+/m1/s1. The van der Waals surface area contributed by atoms with E-state index in [9.17, 15) is 13.2 Å². The molecule has 0 unspecified atom stereocenters. The molecular formula is C27H36N4O4S. The van der Waals surface area contributed by atoms with Crippen molar-refractivity contribution in [3.8, 4) is 0 Å². The maximum atomic E-state index is 13.6. The number of anilines is 3. The van der Waals surface area contributed by atoms with Gasteiger partial charge in [-0.1, -0.05) is 24.6 Å². The Kier molecular flexibility index (Phi) is 7.23. The Balaban J connectivity index is 1.45. The number of carbonyl (C=O) groups excluding carboxylic acids is 1. The van der Waals surface area contributed by atoms with Crippen LogP contribution in [0.5, 0.6) is 0 Å². The number of nitrogens with zero attached hydrogens (tertiary/aromatic N) is 3. The molecular weight excluding hydrogens is 476 g/mol. The quantitative estimate of drug-likeness (QED) is 0.638. The number of para-hydroxylation sites is 1. The Morgan fingerprint density at radius 1 is 1.00 bits per heavy atom. The summed E-state index contributed by atoms with van der Waals surface area (Å²) in [6, 6.07) is 12.8. The molecule has 2 atom stereocenters. The Morgan fingerprint density at radius 2 is 1.72 bits per heavy atom. The Bertz CT molecular complexity index is 1210. The normalized spacial score (nSPS) is 21.8. The van der Waals surface area contributed by atoms with Gasteiger partial charge in [0.1, 0.15) is 6.04 Å². The number of sulfonamides is 1. The molecule has 0 spiro atoms. The van der Waals surface area contributed by atoms with Gasteiger partial charge in [0, 0.05) is 37.9 Å². The second-order valence-electron chi connectivity index (χ2n) is 10.00. The highest BCUT2D eigenvalue weighted by atomic mass is 32.2. The van der Waals surface area contributed by atoms with Crippen molar-refractivity contribution in [2.75, 3.05) is 54.5 Å². The van der Waals surface area contributed by atoms with Crippen molar-refractivity contribution in [1.29, 1.82) is 0 Å². The zero-order valence-electron chi connectivity index (χ0n) is 21.2. The van der Waals surface area contributed by atoms with E-state index in [1.807, 2.05) is 36.1 Å². The second-order valence-corrected chi connectivity index (χ2v) is 11.9. The van der Waals surface area contributed by atoms with Crippen LogP contribution in [-0.4, -0.2) is 70.1 Å². The lowest BCUT2D eigenvalue weighted by atomic mass is 10.1. The van der Waals surface area contributed by atoms with Gasteiger partial charge in [0.05, 0.1) is 29.5 Å². The maximum absolute atomic E-state index is 13.6. The zero-order chi connectivity index (χ0) is 25.3. The van der Waals surface area contributed by atoms with E-state index in [1.165, 1.54) is 5.56 Å². The molecule has 0 aromatic heterocycles. The van der Waals surface area contributed by atoms with Crippen LogP contribution in [0, 0.1) is 0 Å². The minimum Gasteiger partial charge on any atom is -0.378 e. The van der Waals surface area contributed by atoms with Gasteiger partial charge in [-0.3, -0.25) is 4.79 Å². The number of amides is 1. The van der Waals surface area contributed by atoms with Crippen molar-refractivity contribution in [2.45, 2.75) is 56.5 Å². The summed E-state index contributed by atoms with van der Waals surface area (Å²) in [5.74, 6) is -0.0235. The molecule has 2 aromatic rings. The molecule has 0 bridgehead atoms. The summed E-state index contributed by atoms with van der Waals surface area (Å²) < 4.78 is 34.0. The van der Waals surface area contributed by atoms with Gasteiger partial charge in [-0.05, 0) is 62.9 Å². The van der Waals surface area contributed by atoms with Crippen LogP contribution in [0.4, 0.5) is 17.1 Å². The van der Waals surface area contributed by atoms with Crippen LogP contribution < -0.4 is 15.1 Å². The highest BCUT2D eigenvalue weighted by Crippen LogP contribution is 2.35.